The van der Waals surface area contributed by atoms with Gasteiger partial charge in [0.05, 0.1) is 29.4 Å². The molecule has 6 rings (SSSR count). The summed E-state index contributed by atoms with van der Waals surface area (Å²) >= 11 is 0. The Hall–Kier alpha value is -3.90. The fourth-order valence-electron chi connectivity index (χ4n) is 6.25. The van der Waals surface area contributed by atoms with Crippen molar-refractivity contribution in [2.24, 2.45) is 0 Å². The van der Waals surface area contributed by atoms with Gasteiger partial charge in [-0.3, -0.25) is 14.8 Å². The number of benzene rings is 1. The molecule has 5 heterocycles. The second-order valence-electron chi connectivity index (χ2n) is 10.1. The van der Waals surface area contributed by atoms with E-state index >= 15 is 0 Å². The van der Waals surface area contributed by atoms with Crippen LogP contribution in [0.25, 0.3) is 10.9 Å². The maximum atomic E-state index is 11.5. The van der Waals surface area contributed by atoms with Crippen LogP contribution in [0.3, 0.4) is 0 Å². The van der Waals surface area contributed by atoms with Crippen LogP contribution in [0, 0.1) is 11.3 Å². The van der Waals surface area contributed by atoms with Crippen LogP contribution in [0.2, 0.25) is 0 Å². The average molecular weight is 484 g/mol. The molecular formula is C27H29N7O2. The molecule has 2 aromatic heterocycles. The molecule has 0 bridgehead atoms. The topological polar surface area (TPSA) is 109 Å². The van der Waals surface area contributed by atoms with Gasteiger partial charge in [-0.05, 0) is 56.2 Å². The first-order chi connectivity index (χ1) is 17.4. The Bertz CT molecular complexity index is 1390. The number of hydrogen-bond acceptors (Lipinski definition) is 7. The van der Waals surface area contributed by atoms with Crippen molar-refractivity contribution < 1.29 is 9.90 Å². The van der Waals surface area contributed by atoms with E-state index in [1.807, 2.05) is 31.2 Å². The summed E-state index contributed by atoms with van der Waals surface area (Å²) in [5.41, 5.74) is 4.33. The third-order valence-corrected chi connectivity index (χ3v) is 7.99. The summed E-state index contributed by atoms with van der Waals surface area (Å²) in [4.78, 5) is 27.2. The third-order valence-electron chi connectivity index (χ3n) is 7.99. The monoisotopic (exact) mass is 483 g/mol. The van der Waals surface area contributed by atoms with Crippen LogP contribution in [0.15, 0.2) is 42.6 Å². The lowest BCUT2D eigenvalue weighted by Gasteiger charge is -2.43. The largest absolute Gasteiger partial charge is 0.465 e. The van der Waals surface area contributed by atoms with E-state index in [1.54, 1.807) is 6.20 Å². The van der Waals surface area contributed by atoms with Crippen LogP contribution in [-0.4, -0.2) is 68.7 Å². The molecule has 184 valence electrons. The molecule has 1 unspecified atom stereocenters. The fourth-order valence-corrected chi connectivity index (χ4v) is 6.25. The lowest BCUT2D eigenvalue weighted by Crippen LogP contribution is -2.55. The van der Waals surface area contributed by atoms with Crippen molar-refractivity contribution in [1.82, 2.24) is 19.8 Å². The number of aromatic nitrogens is 2. The van der Waals surface area contributed by atoms with Crippen LogP contribution in [0.4, 0.5) is 16.3 Å². The number of rotatable bonds is 3. The maximum Gasteiger partial charge on any atom is 0.408 e. The van der Waals surface area contributed by atoms with Crippen molar-refractivity contribution in [1.29, 1.82) is 5.26 Å². The van der Waals surface area contributed by atoms with Gasteiger partial charge < -0.3 is 15.3 Å². The summed E-state index contributed by atoms with van der Waals surface area (Å²) in [6.45, 7) is 7.30. The Morgan fingerprint density at radius 1 is 1.17 bits per heavy atom. The van der Waals surface area contributed by atoms with Gasteiger partial charge in [-0.1, -0.05) is 6.07 Å². The first-order valence-corrected chi connectivity index (χ1v) is 12.5. The Balaban J connectivity index is 1.18. The zero-order chi connectivity index (χ0) is 25.0. The van der Waals surface area contributed by atoms with E-state index in [9.17, 15) is 15.2 Å². The van der Waals surface area contributed by atoms with Gasteiger partial charge in [0.1, 0.15) is 11.9 Å². The smallest absolute Gasteiger partial charge is 0.408 e. The number of nitrogens with zero attached hydrogens (tertiary/aromatic N) is 6. The van der Waals surface area contributed by atoms with Crippen LogP contribution < -0.4 is 10.2 Å². The van der Waals surface area contributed by atoms with E-state index < -0.39 is 6.09 Å². The van der Waals surface area contributed by atoms with Gasteiger partial charge in [0.25, 0.3) is 0 Å². The van der Waals surface area contributed by atoms with E-state index in [0.29, 0.717) is 24.2 Å². The maximum absolute atomic E-state index is 11.5. The van der Waals surface area contributed by atoms with E-state index in [1.165, 1.54) is 4.90 Å². The summed E-state index contributed by atoms with van der Waals surface area (Å²) in [6, 6.07) is 15.1. The molecule has 3 aliphatic heterocycles. The minimum Gasteiger partial charge on any atom is -0.465 e. The van der Waals surface area contributed by atoms with Crippen LogP contribution >= 0.6 is 0 Å². The van der Waals surface area contributed by atoms with Gasteiger partial charge in [-0.2, -0.15) is 5.26 Å². The first-order valence-electron chi connectivity index (χ1n) is 12.5. The summed E-state index contributed by atoms with van der Waals surface area (Å²) < 4.78 is 0. The van der Waals surface area contributed by atoms with E-state index in [4.69, 9.17) is 4.98 Å². The van der Waals surface area contributed by atoms with Gasteiger partial charge in [-0.15, -0.1) is 0 Å². The highest BCUT2D eigenvalue weighted by molar-refractivity contribution is 5.95. The SMILES string of the molecule is CC1c2ccc(N[C@@H]3C[C@H]4CN(c5ccc(C#N)c6ncccc56)C[C@@H](C)N4C3)nc2CN1C(=O)O. The molecule has 0 radical (unpaired) electrons. The number of piperazine rings is 1. The summed E-state index contributed by atoms with van der Waals surface area (Å²) in [5.74, 6) is 0.812. The van der Waals surface area contributed by atoms with Crippen LogP contribution in [-0.2, 0) is 6.54 Å². The molecule has 1 amide bonds. The highest BCUT2D eigenvalue weighted by Gasteiger charge is 2.40. The summed E-state index contributed by atoms with van der Waals surface area (Å²) in [5, 5.41) is 23.6. The zero-order valence-corrected chi connectivity index (χ0v) is 20.4. The number of carbonyl (C=O) groups is 1. The summed E-state index contributed by atoms with van der Waals surface area (Å²) in [7, 11) is 0. The second kappa shape index (κ2) is 8.64. The molecule has 2 saturated heterocycles. The molecule has 3 aromatic rings. The van der Waals surface area contributed by atoms with Crippen molar-refractivity contribution in [3.63, 3.8) is 0 Å². The average Bonchev–Trinajstić information content (AvgIpc) is 3.44. The Morgan fingerprint density at radius 3 is 2.83 bits per heavy atom. The Labute approximate surface area is 210 Å². The van der Waals surface area contributed by atoms with E-state index in [2.05, 4.69) is 45.2 Å². The molecule has 4 atom stereocenters. The van der Waals surface area contributed by atoms with Gasteiger partial charge >= 0.3 is 6.09 Å². The molecule has 36 heavy (non-hydrogen) atoms. The number of anilines is 2. The highest BCUT2D eigenvalue weighted by atomic mass is 16.4. The van der Waals surface area contributed by atoms with Crippen molar-refractivity contribution in [3.8, 4) is 6.07 Å². The number of nitriles is 1. The normalized spacial score (nSPS) is 25.5. The molecule has 1 aromatic carbocycles. The van der Waals surface area contributed by atoms with Crippen molar-refractivity contribution >= 4 is 28.5 Å². The number of nitrogens with one attached hydrogen (secondary N) is 1. The van der Waals surface area contributed by atoms with Crippen LogP contribution in [0.1, 0.15) is 43.1 Å². The fraction of sp³-hybridized carbons (Fsp3) is 0.407. The molecule has 0 saturated carbocycles. The van der Waals surface area contributed by atoms with Gasteiger partial charge in [-0.25, -0.2) is 9.78 Å². The first kappa shape index (κ1) is 22.6. The van der Waals surface area contributed by atoms with Gasteiger partial charge in [0, 0.05) is 55.0 Å². The van der Waals surface area contributed by atoms with Gasteiger partial charge in [0.2, 0.25) is 0 Å². The molecule has 0 spiro atoms. The predicted octanol–water partition coefficient (Wildman–Crippen LogP) is 3.82. The van der Waals surface area contributed by atoms with E-state index in [-0.39, 0.29) is 12.1 Å². The van der Waals surface area contributed by atoms with Crippen LogP contribution in [0.5, 0.6) is 0 Å². The molecular weight excluding hydrogens is 454 g/mol. The lowest BCUT2D eigenvalue weighted by atomic mass is 10.0. The Kier molecular flexibility index (Phi) is 5.41. The third kappa shape index (κ3) is 3.69. The molecule has 9 heteroatoms. The number of hydrogen-bond donors (Lipinski definition) is 2. The lowest BCUT2D eigenvalue weighted by molar-refractivity contribution is 0.132. The standard InChI is InChI=1S/C27H29N7O2/c1-16-12-32(24-7-5-18(11-28)26-22(24)4-3-9-29-26)14-20-10-19(13-33(16)20)30-25-8-6-21-17(2)34(27(35)36)15-23(21)31-25/h3-9,16-17,19-20H,10,12-15H2,1-2H3,(H,30,31)(H,35,36)/t16-,17?,19-,20+/m1/s1. The number of fused-ring (bicyclic) bond motifs is 3. The minimum absolute atomic E-state index is 0.167. The molecule has 2 fully saturated rings. The zero-order valence-electron chi connectivity index (χ0n) is 20.4. The molecule has 0 aliphatic carbocycles. The number of pyridine rings is 2. The highest BCUT2D eigenvalue weighted by Crippen LogP contribution is 2.36. The predicted molar refractivity (Wildman–Crippen MR) is 137 cm³/mol. The second-order valence-corrected chi connectivity index (χ2v) is 10.1. The van der Waals surface area contributed by atoms with Crippen molar-refractivity contribution in [2.75, 3.05) is 29.9 Å². The van der Waals surface area contributed by atoms with E-state index in [0.717, 1.165) is 59.7 Å². The number of carboxylic acid groups (broad SMARTS) is 1. The summed E-state index contributed by atoms with van der Waals surface area (Å²) in [6.07, 6.45) is 1.84. The van der Waals surface area contributed by atoms with Crippen molar-refractivity contribution in [2.45, 2.75) is 51.0 Å². The van der Waals surface area contributed by atoms with Gasteiger partial charge in [0.15, 0.2) is 0 Å². The Morgan fingerprint density at radius 2 is 2.03 bits per heavy atom. The molecule has 3 aliphatic rings. The molecule has 9 nitrogen and oxygen atoms in total. The minimum atomic E-state index is -0.910. The van der Waals surface area contributed by atoms with Crippen molar-refractivity contribution in [3.05, 3.63) is 59.4 Å². The quantitative estimate of drug-likeness (QED) is 0.579. The number of amides is 1. The molecule has 2 N–H and O–H groups in total.